The third-order valence-electron chi connectivity index (χ3n) is 7.34. The quantitative estimate of drug-likeness (QED) is 0.0478. The first-order chi connectivity index (χ1) is 29.4. The van der Waals surface area contributed by atoms with Crippen molar-refractivity contribution in [2.75, 3.05) is 45.4 Å². The van der Waals surface area contributed by atoms with Crippen LogP contribution in [0.2, 0.25) is 0 Å². The van der Waals surface area contributed by atoms with Gasteiger partial charge in [0.1, 0.15) is 22.8 Å². The van der Waals surface area contributed by atoms with E-state index in [0.29, 0.717) is 64.3 Å². The maximum absolute atomic E-state index is 12.7. The molecule has 3 aromatic carbocycles. The molecule has 3 amide bonds. The van der Waals surface area contributed by atoms with Crippen LogP contribution in [0.5, 0.6) is 0 Å². The maximum Gasteiger partial charge on any atom is 0.341 e. The van der Waals surface area contributed by atoms with Crippen LogP contribution in [-0.4, -0.2) is 61.8 Å². The van der Waals surface area contributed by atoms with Crippen LogP contribution < -0.4 is 43.8 Å². The summed E-state index contributed by atoms with van der Waals surface area (Å²) in [6.07, 6.45) is 21.8. The molecule has 0 aliphatic heterocycles. The molecule has 2 aromatic heterocycles. The fourth-order valence-corrected chi connectivity index (χ4v) is 4.54. The van der Waals surface area contributed by atoms with Crippen molar-refractivity contribution in [1.82, 2.24) is 19.9 Å². The minimum atomic E-state index is -1.10. The number of aromatic nitrogens is 4. The van der Waals surface area contributed by atoms with Gasteiger partial charge in [-0.15, -0.1) is 25.7 Å². The van der Waals surface area contributed by atoms with E-state index in [1.165, 1.54) is 12.4 Å². The Bertz CT molecular complexity index is 2430. The first-order valence-corrected chi connectivity index (χ1v) is 18.1. The van der Waals surface area contributed by atoms with Crippen molar-refractivity contribution in [2.45, 2.75) is 26.7 Å². The van der Waals surface area contributed by atoms with Gasteiger partial charge in [0, 0.05) is 59.4 Å². The number of rotatable bonds is 15. The van der Waals surface area contributed by atoms with Gasteiger partial charge < -0.3 is 48.9 Å². The second-order valence-corrected chi connectivity index (χ2v) is 11.8. The number of nitrogen functional groups attached to an aromatic ring is 1. The molecular weight excluding hydrogens is 777 g/mol. The summed E-state index contributed by atoms with van der Waals surface area (Å²) in [6, 6.07) is 20.0. The highest BCUT2D eigenvalue weighted by Crippen LogP contribution is 2.21. The molecule has 17 nitrogen and oxygen atoms in total. The van der Waals surface area contributed by atoms with Crippen molar-refractivity contribution in [3.05, 3.63) is 107 Å². The van der Waals surface area contributed by atoms with Gasteiger partial charge in [-0.05, 0) is 103 Å². The molecule has 0 saturated carbocycles. The van der Waals surface area contributed by atoms with Gasteiger partial charge in [0.2, 0.25) is 23.7 Å². The number of hydrogen-bond acceptors (Lipinski definition) is 13. The molecule has 310 valence electrons. The van der Waals surface area contributed by atoms with Gasteiger partial charge in [-0.1, -0.05) is 19.9 Å². The number of terminal acetylenes is 3. The fraction of sp³-hybridized carbons (Fsp3) is 0.136. The van der Waals surface area contributed by atoms with Gasteiger partial charge in [0.15, 0.2) is 0 Å². The zero-order valence-corrected chi connectivity index (χ0v) is 33.3. The molecule has 0 fully saturated rings. The number of anilines is 8. The molecule has 17 heteroatoms. The summed E-state index contributed by atoms with van der Waals surface area (Å²) >= 11 is 0. The van der Waals surface area contributed by atoms with E-state index in [1.54, 1.807) is 72.8 Å². The number of carboxylic acid groups (broad SMARTS) is 1. The number of carbonyl (C=O) groups is 4. The van der Waals surface area contributed by atoms with E-state index in [4.69, 9.17) is 35.2 Å². The predicted octanol–water partition coefficient (Wildman–Crippen LogP) is 5.32. The summed E-state index contributed by atoms with van der Waals surface area (Å²) in [5.74, 6) is 7.37. The lowest BCUT2D eigenvalue weighted by Gasteiger charge is -2.13. The number of hydrogen-bond donors (Lipinski definition) is 9. The standard InChI is InChI=1S/C21H23N7O2.C15H17N5O3.C6H2.C2H2/c1-2-10-24-19-17(20(30)26-16-5-3-4-14(22)11-16)12-25-21(28-19)27-15-8-6-13(7-9-15)18(23)29;1-2-7-17-13-11(14(22)23)8-18-15(20-13)19-10-5-3-9(4-6-10)12(16)21;1-3-5-6-4-2;1-2/h3-9,11-12H,2,10,22H2,1H3,(H2,23,29)(H,26,30)(H2,24,25,27,28);3-6,8H,2,7H2,1H3,(H2,16,21)(H,22,23)(H2,17,18,19,20);1-2H;1-2H. The van der Waals surface area contributed by atoms with E-state index in [0.717, 1.165) is 12.8 Å². The van der Waals surface area contributed by atoms with E-state index < -0.39 is 17.8 Å². The highest BCUT2D eigenvalue weighted by Gasteiger charge is 2.16. The smallest absolute Gasteiger partial charge is 0.341 e. The maximum atomic E-state index is 12.7. The zero-order chi connectivity index (χ0) is 45.2. The summed E-state index contributed by atoms with van der Waals surface area (Å²) in [5.41, 5.74) is 19.8. The number of amides is 3. The minimum Gasteiger partial charge on any atom is -0.477 e. The number of carbonyl (C=O) groups excluding carboxylic acids is 3. The van der Waals surface area contributed by atoms with Gasteiger partial charge in [-0.2, -0.15) is 9.97 Å². The van der Waals surface area contributed by atoms with E-state index in [-0.39, 0.29) is 23.2 Å². The second-order valence-electron chi connectivity index (χ2n) is 11.8. The number of nitrogens with two attached hydrogens (primary N) is 3. The molecule has 5 aromatic rings. The van der Waals surface area contributed by atoms with Gasteiger partial charge in [0.05, 0.1) is 0 Å². The molecule has 0 unspecified atom stereocenters. The molecule has 0 bridgehead atoms. The number of nitrogens with zero attached hydrogens (tertiary/aromatic N) is 4. The fourth-order valence-electron chi connectivity index (χ4n) is 4.54. The normalized spacial score (nSPS) is 9.21. The zero-order valence-electron chi connectivity index (χ0n) is 33.3. The third kappa shape index (κ3) is 16.5. The molecule has 2 heterocycles. The average Bonchev–Trinajstić information content (AvgIpc) is 3.25. The topological polar surface area (TPSA) is 278 Å². The van der Waals surface area contributed by atoms with Crippen molar-refractivity contribution in [3.63, 3.8) is 0 Å². The molecule has 0 atom stereocenters. The number of benzene rings is 3. The monoisotopic (exact) mass is 820 g/mol. The lowest BCUT2D eigenvalue weighted by Crippen LogP contribution is -2.17. The molecule has 5 rings (SSSR count). The highest BCUT2D eigenvalue weighted by molar-refractivity contribution is 6.07. The molecular formula is C44H44N12O5. The summed E-state index contributed by atoms with van der Waals surface area (Å²) in [6.45, 7) is 5.22. The molecule has 0 aliphatic carbocycles. The predicted molar refractivity (Wildman–Crippen MR) is 239 cm³/mol. The summed E-state index contributed by atoms with van der Waals surface area (Å²) in [5, 5.41) is 24.1. The third-order valence-corrected chi connectivity index (χ3v) is 7.34. The first kappa shape index (κ1) is 48.1. The van der Waals surface area contributed by atoms with E-state index >= 15 is 0 Å². The Hall–Kier alpha value is -9.06. The van der Waals surface area contributed by atoms with Gasteiger partial charge >= 0.3 is 5.97 Å². The number of primary amides is 2. The summed E-state index contributed by atoms with van der Waals surface area (Å²) in [7, 11) is 0. The van der Waals surface area contributed by atoms with Crippen molar-refractivity contribution >= 4 is 70.0 Å². The van der Waals surface area contributed by atoms with E-state index in [9.17, 15) is 19.2 Å². The van der Waals surface area contributed by atoms with Crippen molar-refractivity contribution in [2.24, 2.45) is 11.5 Å². The number of nitrogens with one attached hydrogen (secondary N) is 5. The molecule has 0 spiro atoms. The van der Waals surface area contributed by atoms with Crippen molar-refractivity contribution in [3.8, 4) is 49.4 Å². The Morgan fingerprint density at radius 3 is 1.51 bits per heavy atom. The molecule has 12 N–H and O–H groups in total. The van der Waals surface area contributed by atoms with Crippen molar-refractivity contribution < 1.29 is 24.3 Å². The van der Waals surface area contributed by atoms with Crippen LogP contribution in [0.15, 0.2) is 85.2 Å². The van der Waals surface area contributed by atoms with Crippen LogP contribution in [0, 0.1) is 49.4 Å². The van der Waals surface area contributed by atoms with Crippen LogP contribution in [-0.2, 0) is 0 Å². The highest BCUT2D eigenvalue weighted by atomic mass is 16.4. The van der Waals surface area contributed by atoms with Gasteiger partial charge in [-0.25, -0.2) is 14.8 Å². The number of aromatic carboxylic acids is 1. The lowest BCUT2D eigenvalue weighted by molar-refractivity contribution is 0.0696. The summed E-state index contributed by atoms with van der Waals surface area (Å²) in [4.78, 5) is 63.0. The van der Waals surface area contributed by atoms with Crippen LogP contribution >= 0.6 is 0 Å². The Kier molecular flexibility index (Phi) is 20.5. The van der Waals surface area contributed by atoms with Crippen molar-refractivity contribution in [1.29, 1.82) is 0 Å². The van der Waals surface area contributed by atoms with Crippen LogP contribution in [0.3, 0.4) is 0 Å². The Morgan fingerprint density at radius 1 is 0.672 bits per heavy atom. The molecule has 0 saturated heterocycles. The second kappa shape index (κ2) is 26.0. The van der Waals surface area contributed by atoms with Crippen LogP contribution in [0.25, 0.3) is 0 Å². The van der Waals surface area contributed by atoms with Gasteiger partial charge in [-0.3, -0.25) is 14.4 Å². The van der Waals surface area contributed by atoms with Crippen LogP contribution in [0.4, 0.5) is 46.3 Å². The average molecular weight is 821 g/mol. The van der Waals surface area contributed by atoms with Gasteiger partial charge in [0.25, 0.3) is 5.91 Å². The van der Waals surface area contributed by atoms with E-state index in [1.807, 2.05) is 13.8 Å². The Morgan fingerprint density at radius 2 is 1.11 bits per heavy atom. The molecule has 0 aliphatic rings. The molecule has 61 heavy (non-hydrogen) atoms. The van der Waals surface area contributed by atoms with E-state index in [2.05, 4.69) is 83.0 Å². The summed E-state index contributed by atoms with van der Waals surface area (Å²) < 4.78 is 0. The van der Waals surface area contributed by atoms with Crippen LogP contribution in [0.1, 0.15) is 68.1 Å². The lowest BCUT2D eigenvalue weighted by atomic mass is 10.2. The SMILES string of the molecule is C#C.C#CC#CC#C.CCCNc1nc(Nc2ccc(C(N)=O)cc2)ncc1C(=O)Nc1cccc(N)c1.CCCNc1nc(Nc2ccc(C(N)=O)cc2)ncc1C(=O)O. The Labute approximate surface area is 353 Å². The minimum absolute atomic E-state index is 0.00748. The first-order valence-electron chi connectivity index (χ1n) is 18.1. The Balaban J connectivity index is 0.000000366. The largest absolute Gasteiger partial charge is 0.477 e. The number of carboxylic acids is 1. The molecule has 0 radical (unpaired) electrons.